The summed E-state index contributed by atoms with van der Waals surface area (Å²) < 4.78 is 31.8. The van der Waals surface area contributed by atoms with Gasteiger partial charge in [0.05, 0.1) is 47.3 Å². The molecule has 0 spiro atoms. The summed E-state index contributed by atoms with van der Waals surface area (Å²) >= 11 is 0. The van der Waals surface area contributed by atoms with Crippen LogP contribution in [0, 0.1) is 25.5 Å². The van der Waals surface area contributed by atoms with Crippen molar-refractivity contribution in [3.8, 4) is 45.6 Å². The molecule has 0 atom stereocenters. The van der Waals surface area contributed by atoms with Gasteiger partial charge in [-0.2, -0.15) is 10.2 Å². The molecule has 8 aromatic rings. The normalized spacial score (nSPS) is 10.8. The number of hydrogen-bond acceptors (Lipinski definition) is 6. The first-order valence-corrected chi connectivity index (χ1v) is 16.7. The van der Waals surface area contributed by atoms with Gasteiger partial charge < -0.3 is 0 Å². The minimum absolute atomic E-state index is 0.245. The fourth-order valence-corrected chi connectivity index (χ4v) is 5.58. The Bertz CT molecular complexity index is 2390. The molecule has 6 aromatic heterocycles. The van der Waals surface area contributed by atoms with Gasteiger partial charge in [0.15, 0.2) is 0 Å². The third kappa shape index (κ3) is 7.87. The molecular formula is C42H34F2N8. The average Bonchev–Trinajstić information content (AvgIpc) is 3.80. The molecule has 2 aromatic carbocycles. The van der Waals surface area contributed by atoms with E-state index >= 15 is 0 Å². The molecule has 0 fully saturated rings. The molecule has 0 unspecified atom stereocenters. The molecule has 0 radical (unpaired) electrons. The quantitative estimate of drug-likeness (QED) is 0.158. The van der Waals surface area contributed by atoms with Crippen molar-refractivity contribution in [3.05, 3.63) is 180 Å². The van der Waals surface area contributed by atoms with Crippen molar-refractivity contribution in [2.24, 2.45) is 0 Å². The smallest absolute Gasteiger partial charge is 0.128 e. The Labute approximate surface area is 300 Å². The predicted molar refractivity (Wildman–Crippen MR) is 198 cm³/mol. The number of halogens is 2. The van der Waals surface area contributed by atoms with Gasteiger partial charge >= 0.3 is 0 Å². The Morgan fingerprint density at radius 1 is 0.442 bits per heavy atom. The summed E-state index contributed by atoms with van der Waals surface area (Å²) in [5.41, 5.74) is 9.59. The largest absolute Gasteiger partial charge is 0.258 e. The third-order valence-corrected chi connectivity index (χ3v) is 8.32. The first kappa shape index (κ1) is 33.8. The van der Waals surface area contributed by atoms with Crippen LogP contribution in [-0.4, -0.2) is 39.5 Å². The Kier molecular flexibility index (Phi) is 10.1. The van der Waals surface area contributed by atoms with Crippen LogP contribution in [0.4, 0.5) is 8.78 Å². The van der Waals surface area contributed by atoms with Gasteiger partial charge in [-0.3, -0.25) is 29.3 Å². The van der Waals surface area contributed by atoms with Gasteiger partial charge in [0, 0.05) is 35.9 Å². The van der Waals surface area contributed by atoms with Crippen LogP contribution in [0.1, 0.15) is 22.3 Å². The molecule has 0 bridgehead atoms. The molecule has 0 N–H and O–H groups in total. The molecule has 0 aliphatic carbocycles. The zero-order valence-corrected chi connectivity index (χ0v) is 28.6. The van der Waals surface area contributed by atoms with Gasteiger partial charge in [-0.05, 0) is 85.6 Å². The van der Waals surface area contributed by atoms with Crippen LogP contribution in [0.3, 0.4) is 0 Å². The number of nitrogens with zero attached hydrogens (tertiary/aromatic N) is 8. The molecule has 0 saturated heterocycles. The summed E-state index contributed by atoms with van der Waals surface area (Å²) in [5, 5.41) is 9.33. The van der Waals surface area contributed by atoms with E-state index in [4.69, 9.17) is 0 Å². The minimum Gasteiger partial charge on any atom is -0.258 e. The van der Waals surface area contributed by atoms with E-state index in [2.05, 4.69) is 30.1 Å². The number of pyridine rings is 4. The van der Waals surface area contributed by atoms with Crippen molar-refractivity contribution >= 4 is 0 Å². The van der Waals surface area contributed by atoms with Crippen molar-refractivity contribution in [3.63, 3.8) is 0 Å². The van der Waals surface area contributed by atoms with E-state index in [1.165, 1.54) is 12.1 Å². The van der Waals surface area contributed by atoms with Gasteiger partial charge in [-0.25, -0.2) is 8.78 Å². The molecule has 6 heterocycles. The van der Waals surface area contributed by atoms with E-state index in [0.29, 0.717) is 24.2 Å². The van der Waals surface area contributed by atoms with Gasteiger partial charge in [0.1, 0.15) is 23.0 Å². The Morgan fingerprint density at radius 2 is 0.865 bits per heavy atom. The lowest BCUT2D eigenvalue weighted by atomic mass is 10.2. The first-order chi connectivity index (χ1) is 25.4. The number of aryl methyl sites for hydroxylation is 2. The topological polar surface area (TPSA) is 87.2 Å². The number of benzene rings is 2. The maximum Gasteiger partial charge on any atom is 0.128 e. The van der Waals surface area contributed by atoms with Gasteiger partial charge in [0.2, 0.25) is 0 Å². The lowest BCUT2D eigenvalue weighted by Crippen LogP contribution is -2.06. The fraction of sp³-hybridized carbons (Fsp3) is 0.0952. The number of aromatic nitrogens is 8. The van der Waals surface area contributed by atoms with Crippen LogP contribution in [0.15, 0.2) is 146 Å². The highest BCUT2D eigenvalue weighted by molar-refractivity contribution is 5.66. The average molecular weight is 689 g/mol. The Balaban J connectivity index is 0.000000162. The second-order valence-electron chi connectivity index (χ2n) is 12.2. The summed E-state index contributed by atoms with van der Waals surface area (Å²) in [6.45, 7) is 4.63. The molecule has 8 nitrogen and oxygen atoms in total. The second kappa shape index (κ2) is 15.5. The molecular weight excluding hydrogens is 655 g/mol. The lowest BCUT2D eigenvalue weighted by molar-refractivity contribution is 0.587. The van der Waals surface area contributed by atoms with Crippen LogP contribution in [0.5, 0.6) is 0 Å². The first-order valence-electron chi connectivity index (χ1n) is 16.7. The van der Waals surface area contributed by atoms with E-state index in [1.807, 2.05) is 111 Å². The molecule has 0 aliphatic heterocycles. The van der Waals surface area contributed by atoms with Crippen LogP contribution < -0.4 is 0 Å². The van der Waals surface area contributed by atoms with Crippen LogP contribution in [-0.2, 0) is 13.1 Å². The zero-order chi connectivity index (χ0) is 35.9. The minimum atomic E-state index is -0.245. The van der Waals surface area contributed by atoms with E-state index in [1.54, 1.807) is 46.0 Å². The van der Waals surface area contributed by atoms with Crippen LogP contribution in [0.2, 0.25) is 0 Å². The highest BCUT2D eigenvalue weighted by Crippen LogP contribution is 2.27. The maximum absolute atomic E-state index is 14.1. The second-order valence-corrected chi connectivity index (χ2v) is 12.2. The summed E-state index contributed by atoms with van der Waals surface area (Å²) in [5.74, 6) is -0.491. The standard InChI is InChI=1S/2C21H17FN4/c1-15-9-10-18(24-13-15)20-12-21(19-8-4-5-11-23-19)26(25-20)14-16-6-2-3-7-17(16)22;1-15-9-10-19(24-13-15)21-12-20(18-8-4-5-11-23-18)25-26(21)14-16-6-2-3-7-17(16)22/h2*2-13H,14H2,1H3. The van der Waals surface area contributed by atoms with E-state index in [9.17, 15) is 8.78 Å². The maximum atomic E-state index is 14.1. The van der Waals surface area contributed by atoms with Crippen molar-refractivity contribution < 1.29 is 8.78 Å². The van der Waals surface area contributed by atoms with Crippen molar-refractivity contribution in [2.75, 3.05) is 0 Å². The third-order valence-electron chi connectivity index (χ3n) is 8.32. The summed E-state index contributed by atoms with van der Waals surface area (Å²) in [6.07, 6.45) is 7.09. The summed E-state index contributed by atoms with van der Waals surface area (Å²) in [4.78, 5) is 17.7. The molecule has 0 amide bonds. The highest BCUT2D eigenvalue weighted by Gasteiger charge is 2.16. The Morgan fingerprint density at radius 3 is 1.31 bits per heavy atom. The van der Waals surface area contributed by atoms with E-state index in [-0.39, 0.29) is 11.6 Å². The number of hydrogen-bond donors (Lipinski definition) is 0. The van der Waals surface area contributed by atoms with Crippen molar-refractivity contribution in [2.45, 2.75) is 26.9 Å². The lowest BCUT2D eigenvalue weighted by Gasteiger charge is -2.08. The fourth-order valence-electron chi connectivity index (χ4n) is 5.58. The monoisotopic (exact) mass is 688 g/mol. The van der Waals surface area contributed by atoms with Gasteiger partial charge in [0.25, 0.3) is 0 Å². The SMILES string of the molecule is Cc1ccc(-c2cc(-c3ccccn3)n(Cc3ccccc3F)n2)nc1.Cc1ccc(-c2cc(-c3ccccn3)nn2Cc2ccccc2F)nc1. The zero-order valence-electron chi connectivity index (χ0n) is 28.6. The summed E-state index contributed by atoms with van der Waals surface area (Å²) in [6, 6.07) is 36.6. The summed E-state index contributed by atoms with van der Waals surface area (Å²) in [7, 11) is 0. The van der Waals surface area contributed by atoms with E-state index in [0.717, 1.165) is 56.7 Å². The van der Waals surface area contributed by atoms with Gasteiger partial charge in [-0.15, -0.1) is 0 Å². The Hall–Kier alpha value is -6.68. The van der Waals surface area contributed by atoms with Crippen molar-refractivity contribution in [1.82, 2.24) is 39.5 Å². The highest BCUT2D eigenvalue weighted by atomic mass is 19.1. The predicted octanol–water partition coefficient (Wildman–Crippen LogP) is 9.01. The molecule has 256 valence electrons. The van der Waals surface area contributed by atoms with E-state index < -0.39 is 0 Å². The molecule has 52 heavy (non-hydrogen) atoms. The van der Waals surface area contributed by atoms with Crippen LogP contribution in [0.25, 0.3) is 45.6 Å². The van der Waals surface area contributed by atoms with Crippen LogP contribution >= 0.6 is 0 Å². The molecule has 8 rings (SSSR count). The number of rotatable bonds is 8. The molecule has 0 aliphatic rings. The molecule has 0 saturated carbocycles. The molecule has 10 heteroatoms. The van der Waals surface area contributed by atoms with Gasteiger partial charge in [-0.1, -0.05) is 60.7 Å². The van der Waals surface area contributed by atoms with Crippen molar-refractivity contribution in [1.29, 1.82) is 0 Å².